The number of aliphatic hydroxyl groups excluding tert-OH is 1. The van der Waals surface area contributed by atoms with Crippen LogP contribution in [0.15, 0.2) is 0 Å². The number of hydrogen-bond acceptors (Lipinski definition) is 5. The maximum Gasteiger partial charge on any atom is 0.410 e. The van der Waals surface area contributed by atoms with Gasteiger partial charge in [-0.1, -0.05) is 0 Å². The number of esters is 1. The molecule has 0 aromatic heterocycles. The quantitative estimate of drug-likeness (QED) is 0.489. The first-order chi connectivity index (χ1) is 6.26. The number of ether oxygens (including phenoxy) is 2. The number of nitrogens with one attached hydrogen (secondary N) is 1. The average molecular weight is 205 g/mol. The minimum absolute atomic E-state index is 0.681. The predicted octanol–water partition coefficient (Wildman–Crippen LogP) is 0.00250. The van der Waals surface area contributed by atoms with E-state index in [0.717, 1.165) is 7.11 Å². The fraction of sp³-hybridized carbons (Fsp3) is 0.750. The lowest BCUT2D eigenvalue weighted by Gasteiger charge is -2.20. The van der Waals surface area contributed by atoms with Gasteiger partial charge < -0.3 is 14.6 Å². The molecule has 0 radical (unpaired) electrons. The molecule has 1 amide bonds. The Morgan fingerprint density at radius 3 is 2.21 bits per heavy atom. The molecule has 0 fully saturated rings. The topological polar surface area (TPSA) is 84.9 Å². The van der Waals surface area contributed by atoms with Crippen LogP contribution >= 0.6 is 0 Å². The highest BCUT2D eigenvalue weighted by molar-refractivity contribution is 5.79. The van der Waals surface area contributed by atoms with Crippen LogP contribution in [0.1, 0.15) is 20.8 Å². The standard InChI is InChI=1S/C8H15NO5/c1-8(2,3)14-7(12)9-5(10)6(11)13-4/h5,10H,1-4H3,(H,9,12)/t5-/m0/s1. The van der Waals surface area contributed by atoms with Crippen LogP contribution < -0.4 is 5.32 Å². The molecular formula is C8H15NO5. The Bertz CT molecular complexity index is 220. The molecule has 0 aromatic carbocycles. The van der Waals surface area contributed by atoms with Gasteiger partial charge in [-0.25, -0.2) is 9.59 Å². The summed E-state index contributed by atoms with van der Waals surface area (Å²) in [5.74, 6) is -0.948. The number of hydrogen-bond donors (Lipinski definition) is 2. The summed E-state index contributed by atoms with van der Waals surface area (Å²) in [6, 6.07) is 0. The van der Waals surface area contributed by atoms with Crippen LogP contribution in [0.5, 0.6) is 0 Å². The molecule has 0 aliphatic rings. The second-order valence-electron chi connectivity index (χ2n) is 3.57. The van der Waals surface area contributed by atoms with Gasteiger partial charge in [-0.15, -0.1) is 0 Å². The lowest BCUT2D eigenvalue weighted by Crippen LogP contribution is -2.43. The third-order valence-electron chi connectivity index (χ3n) is 1.08. The Balaban J connectivity index is 4.01. The Morgan fingerprint density at radius 1 is 1.36 bits per heavy atom. The molecule has 0 saturated carbocycles. The second-order valence-corrected chi connectivity index (χ2v) is 3.57. The van der Waals surface area contributed by atoms with Gasteiger partial charge in [-0.2, -0.15) is 0 Å². The summed E-state index contributed by atoms with van der Waals surface area (Å²) < 4.78 is 8.97. The van der Waals surface area contributed by atoms with Crippen LogP contribution in [0, 0.1) is 0 Å². The molecule has 0 unspecified atom stereocenters. The Hall–Kier alpha value is -1.30. The van der Waals surface area contributed by atoms with Crippen molar-refractivity contribution in [2.24, 2.45) is 0 Å². The number of methoxy groups -OCH3 is 1. The first-order valence-electron chi connectivity index (χ1n) is 4.01. The van der Waals surface area contributed by atoms with Gasteiger partial charge >= 0.3 is 12.1 Å². The van der Waals surface area contributed by atoms with Crippen LogP contribution in [-0.4, -0.2) is 36.1 Å². The van der Waals surface area contributed by atoms with Gasteiger partial charge in [-0.05, 0) is 20.8 Å². The van der Waals surface area contributed by atoms with Gasteiger partial charge in [0.2, 0.25) is 6.23 Å². The average Bonchev–Trinajstić information content (AvgIpc) is 1.99. The highest BCUT2D eigenvalue weighted by Crippen LogP contribution is 2.06. The Labute approximate surface area is 82.2 Å². The monoisotopic (exact) mass is 205 g/mol. The Kier molecular flexibility index (Phi) is 4.36. The zero-order valence-electron chi connectivity index (χ0n) is 8.66. The van der Waals surface area contributed by atoms with Crippen molar-refractivity contribution in [2.45, 2.75) is 32.6 Å². The van der Waals surface area contributed by atoms with Gasteiger partial charge in [-0.3, -0.25) is 5.32 Å². The fourth-order valence-corrected chi connectivity index (χ4v) is 0.590. The number of aliphatic hydroxyl groups is 1. The Morgan fingerprint density at radius 2 is 1.86 bits per heavy atom. The van der Waals surface area contributed by atoms with Crippen molar-refractivity contribution in [2.75, 3.05) is 7.11 Å². The molecule has 82 valence electrons. The zero-order valence-corrected chi connectivity index (χ0v) is 8.66. The molecule has 6 heteroatoms. The third-order valence-corrected chi connectivity index (χ3v) is 1.08. The van der Waals surface area contributed by atoms with E-state index in [9.17, 15) is 9.59 Å². The van der Waals surface area contributed by atoms with Gasteiger partial charge in [0.1, 0.15) is 5.60 Å². The molecule has 0 rings (SSSR count). The molecule has 0 heterocycles. The maximum absolute atomic E-state index is 11.0. The van der Waals surface area contributed by atoms with Crippen LogP contribution in [-0.2, 0) is 14.3 Å². The van der Waals surface area contributed by atoms with Crippen molar-refractivity contribution in [1.29, 1.82) is 0 Å². The molecule has 0 bridgehead atoms. The predicted molar refractivity (Wildman–Crippen MR) is 47.4 cm³/mol. The van der Waals surface area contributed by atoms with E-state index in [0.29, 0.717) is 0 Å². The SMILES string of the molecule is COC(=O)[C@H](O)NC(=O)OC(C)(C)C. The number of carbonyl (C=O) groups is 2. The first-order valence-corrected chi connectivity index (χ1v) is 4.01. The van der Waals surface area contributed by atoms with E-state index in [1.807, 2.05) is 5.32 Å². The van der Waals surface area contributed by atoms with Crippen LogP contribution in [0.3, 0.4) is 0 Å². The van der Waals surface area contributed by atoms with E-state index in [4.69, 9.17) is 9.84 Å². The van der Waals surface area contributed by atoms with E-state index in [-0.39, 0.29) is 0 Å². The van der Waals surface area contributed by atoms with Crippen molar-refractivity contribution in [1.82, 2.24) is 5.32 Å². The van der Waals surface area contributed by atoms with E-state index >= 15 is 0 Å². The number of alkyl carbamates (subject to hydrolysis) is 1. The van der Waals surface area contributed by atoms with Crippen LogP contribution in [0.4, 0.5) is 4.79 Å². The maximum atomic E-state index is 11.0. The van der Waals surface area contributed by atoms with Crippen molar-refractivity contribution in [3.63, 3.8) is 0 Å². The molecule has 2 N–H and O–H groups in total. The lowest BCUT2D eigenvalue weighted by atomic mass is 10.2. The van der Waals surface area contributed by atoms with E-state index < -0.39 is 23.9 Å². The molecule has 6 nitrogen and oxygen atoms in total. The molecular weight excluding hydrogens is 190 g/mol. The summed E-state index contributed by atoms with van der Waals surface area (Å²) in [6.07, 6.45) is -2.58. The van der Waals surface area contributed by atoms with Gasteiger partial charge in [0.05, 0.1) is 7.11 Å². The summed E-state index contributed by atoms with van der Waals surface area (Å²) in [4.78, 5) is 21.7. The summed E-state index contributed by atoms with van der Waals surface area (Å²) in [5.41, 5.74) is -0.681. The normalized spacial score (nSPS) is 12.9. The molecule has 0 spiro atoms. The summed E-state index contributed by atoms with van der Waals surface area (Å²) in [6.45, 7) is 4.99. The highest BCUT2D eigenvalue weighted by atomic mass is 16.6. The summed E-state index contributed by atoms with van der Waals surface area (Å²) >= 11 is 0. The van der Waals surface area contributed by atoms with E-state index in [1.165, 1.54) is 0 Å². The van der Waals surface area contributed by atoms with Crippen LogP contribution in [0.25, 0.3) is 0 Å². The summed E-state index contributed by atoms with van der Waals surface area (Å²) in [5, 5.41) is 10.9. The lowest BCUT2D eigenvalue weighted by molar-refractivity contribution is -0.152. The van der Waals surface area contributed by atoms with E-state index in [2.05, 4.69) is 4.74 Å². The molecule has 0 aliphatic heterocycles. The van der Waals surface area contributed by atoms with Gasteiger partial charge in [0, 0.05) is 0 Å². The number of rotatable bonds is 2. The zero-order chi connectivity index (χ0) is 11.4. The largest absolute Gasteiger partial charge is 0.466 e. The van der Waals surface area contributed by atoms with Crippen molar-refractivity contribution < 1.29 is 24.2 Å². The van der Waals surface area contributed by atoms with E-state index in [1.54, 1.807) is 20.8 Å². The van der Waals surface area contributed by atoms with Crippen molar-refractivity contribution in [3.05, 3.63) is 0 Å². The highest BCUT2D eigenvalue weighted by Gasteiger charge is 2.22. The first kappa shape index (κ1) is 12.7. The summed E-state index contributed by atoms with van der Waals surface area (Å²) in [7, 11) is 1.10. The molecule has 0 aliphatic carbocycles. The van der Waals surface area contributed by atoms with Crippen LogP contribution in [0.2, 0.25) is 0 Å². The van der Waals surface area contributed by atoms with Crippen molar-refractivity contribution in [3.8, 4) is 0 Å². The second kappa shape index (κ2) is 4.80. The smallest absolute Gasteiger partial charge is 0.410 e. The molecule has 1 atom stereocenters. The number of carbonyl (C=O) groups excluding carboxylic acids is 2. The fourth-order valence-electron chi connectivity index (χ4n) is 0.590. The third kappa shape index (κ3) is 5.36. The van der Waals surface area contributed by atoms with Gasteiger partial charge in [0.25, 0.3) is 0 Å². The van der Waals surface area contributed by atoms with Crippen molar-refractivity contribution >= 4 is 12.1 Å². The minimum atomic E-state index is -1.70. The molecule has 0 saturated heterocycles. The molecule has 0 aromatic rings. The minimum Gasteiger partial charge on any atom is -0.466 e. The molecule has 14 heavy (non-hydrogen) atoms. The number of amides is 1. The van der Waals surface area contributed by atoms with Gasteiger partial charge in [0.15, 0.2) is 0 Å².